The van der Waals surface area contributed by atoms with Crippen LogP contribution in [0.3, 0.4) is 0 Å². The van der Waals surface area contributed by atoms with Crippen LogP contribution in [-0.4, -0.2) is 37.0 Å². The molecular formula is C11H19NO2Y6-2. The van der Waals surface area contributed by atoms with Crippen molar-refractivity contribution in [3.8, 4) is 0 Å². The SMILES string of the molecule is [CH2-]N(C[C-]=O)CC1(COC(C)C)CC1.[Y].[Y].[Y].[Y].[Y].[Y]. The Kier molecular flexibility index (Phi) is 47.4. The molecule has 1 aliphatic rings. The van der Waals surface area contributed by atoms with Crippen molar-refractivity contribution >= 4 is 6.29 Å². The molecule has 100 valence electrons. The molecule has 1 rings (SSSR count). The minimum atomic E-state index is 0. The summed E-state index contributed by atoms with van der Waals surface area (Å²) >= 11 is 0. The third-order valence-electron chi connectivity index (χ3n) is 2.53. The van der Waals surface area contributed by atoms with E-state index < -0.39 is 0 Å². The minimum absolute atomic E-state index is 0. The molecule has 1 aliphatic carbocycles. The van der Waals surface area contributed by atoms with E-state index in [1.165, 1.54) is 12.8 Å². The molecule has 1 fully saturated rings. The molecule has 0 aromatic rings. The van der Waals surface area contributed by atoms with E-state index in [1.807, 2.05) is 20.1 Å². The Morgan fingerprint density at radius 2 is 1.60 bits per heavy atom. The number of nitrogens with zero attached hydrogens (tertiary/aromatic N) is 1. The van der Waals surface area contributed by atoms with Gasteiger partial charge in [-0.25, -0.2) is 0 Å². The Bertz CT molecular complexity index is 205. The number of ether oxygens (including phenoxy) is 1. The van der Waals surface area contributed by atoms with Gasteiger partial charge in [-0.05, 0) is 33.2 Å². The van der Waals surface area contributed by atoms with Gasteiger partial charge < -0.3 is 14.4 Å². The third kappa shape index (κ3) is 20.5. The summed E-state index contributed by atoms with van der Waals surface area (Å²) in [5.41, 5.74) is 0.267. The molecule has 0 amide bonds. The Labute approximate surface area is 275 Å². The average molecular weight is 731 g/mol. The molecule has 0 aliphatic heterocycles. The van der Waals surface area contributed by atoms with Gasteiger partial charge in [-0.3, -0.25) is 13.3 Å². The summed E-state index contributed by atoms with van der Waals surface area (Å²) in [6.45, 7) is 6.00. The van der Waals surface area contributed by atoms with Gasteiger partial charge in [0.1, 0.15) is 0 Å². The second kappa shape index (κ2) is 23.3. The quantitative estimate of drug-likeness (QED) is 0.372. The number of rotatable bonds is 7. The number of carbonyl (C=O) groups excluding carboxylic acids is 1. The zero-order valence-electron chi connectivity index (χ0n) is 12.5. The number of hydrogen-bond acceptors (Lipinski definition) is 3. The molecule has 0 aromatic carbocycles. The maximum absolute atomic E-state index is 10.1. The van der Waals surface area contributed by atoms with Gasteiger partial charge in [0.05, 0.1) is 12.7 Å². The van der Waals surface area contributed by atoms with Crippen molar-refractivity contribution in [1.82, 2.24) is 4.90 Å². The number of hydrogen-bond donors (Lipinski definition) is 0. The summed E-state index contributed by atoms with van der Waals surface area (Å²) in [4.78, 5) is 11.9. The van der Waals surface area contributed by atoms with Crippen LogP contribution < -0.4 is 0 Å². The molecule has 3 nitrogen and oxygen atoms in total. The second-order valence-electron chi connectivity index (χ2n) is 4.49. The third-order valence-corrected chi connectivity index (χ3v) is 2.53. The van der Waals surface area contributed by atoms with Gasteiger partial charge in [0.15, 0.2) is 0 Å². The molecule has 0 N–H and O–H groups in total. The normalized spacial score (nSPS) is 13.2. The van der Waals surface area contributed by atoms with E-state index in [4.69, 9.17) is 4.74 Å². The molecule has 1 saturated carbocycles. The first-order valence-corrected chi connectivity index (χ1v) is 5.10. The predicted octanol–water partition coefficient (Wildman–Crippen LogP) is 1.38. The summed E-state index contributed by atoms with van der Waals surface area (Å²) in [7, 11) is 3.80. The van der Waals surface area contributed by atoms with Crippen LogP contribution in [-0.2, 0) is 206 Å². The Morgan fingerprint density at radius 3 is 1.90 bits per heavy atom. The van der Waals surface area contributed by atoms with Gasteiger partial charge in [0.25, 0.3) is 0 Å². The molecule has 0 unspecified atom stereocenters. The van der Waals surface area contributed by atoms with Crippen LogP contribution in [0.4, 0.5) is 0 Å². The van der Waals surface area contributed by atoms with Crippen molar-refractivity contribution < 1.29 is 206 Å². The van der Waals surface area contributed by atoms with Gasteiger partial charge in [0.2, 0.25) is 0 Å². The van der Waals surface area contributed by atoms with Crippen LogP contribution in [0.5, 0.6) is 0 Å². The second-order valence-corrected chi connectivity index (χ2v) is 4.49. The summed E-state index contributed by atoms with van der Waals surface area (Å²) in [6.07, 6.45) is 4.51. The van der Waals surface area contributed by atoms with Crippen molar-refractivity contribution in [3.63, 3.8) is 0 Å². The summed E-state index contributed by atoms with van der Waals surface area (Å²) < 4.78 is 5.60. The predicted molar refractivity (Wildman–Crippen MR) is 55.4 cm³/mol. The first-order valence-electron chi connectivity index (χ1n) is 5.10. The van der Waals surface area contributed by atoms with E-state index in [-0.39, 0.29) is 208 Å². The average Bonchev–Trinajstić information content (AvgIpc) is 2.83. The first-order chi connectivity index (χ1) is 6.58. The molecule has 6 radical (unpaired) electrons. The molecule has 0 aromatic heterocycles. The Morgan fingerprint density at radius 1 is 1.15 bits per heavy atom. The summed E-state index contributed by atoms with van der Waals surface area (Å²) in [5.74, 6) is 0. The van der Waals surface area contributed by atoms with Crippen LogP contribution in [0.2, 0.25) is 0 Å². The van der Waals surface area contributed by atoms with Crippen LogP contribution in [0.15, 0.2) is 0 Å². The van der Waals surface area contributed by atoms with Crippen LogP contribution in [0, 0.1) is 12.5 Å². The fourth-order valence-corrected chi connectivity index (χ4v) is 1.49. The van der Waals surface area contributed by atoms with E-state index in [1.54, 1.807) is 4.90 Å². The topological polar surface area (TPSA) is 29.5 Å². The summed E-state index contributed by atoms with van der Waals surface area (Å²) in [6, 6.07) is 0. The summed E-state index contributed by atoms with van der Waals surface area (Å²) in [5, 5.41) is 0. The minimum Gasteiger partial charge on any atom is -0.541 e. The van der Waals surface area contributed by atoms with Crippen molar-refractivity contribution in [1.29, 1.82) is 0 Å². The van der Waals surface area contributed by atoms with Crippen LogP contribution in [0.25, 0.3) is 0 Å². The van der Waals surface area contributed by atoms with E-state index in [0.29, 0.717) is 6.54 Å². The van der Waals surface area contributed by atoms with Crippen molar-refractivity contribution in [2.45, 2.75) is 32.8 Å². The van der Waals surface area contributed by atoms with Gasteiger partial charge in [-0.1, -0.05) is 0 Å². The fourth-order valence-electron chi connectivity index (χ4n) is 1.49. The fraction of sp³-hybridized carbons (Fsp3) is 0.818. The zero-order chi connectivity index (χ0) is 10.6. The van der Waals surface area contributed by atoms with Crippen molar-refractivity contribution in [2.75, 3.05) is 19.7 Å². The molecule has 0 heterocycles. The Hall–Kier alpha value is 6.21. The van der Waals surface area contributed by atoms with Gasteiger partial charge >= 0.3 is 0 Å². The standard InChI is InChI=1S/C11H19NO2.6Y/c1-10(2)14-9-11(4-5-11)8-12(3)6-7-13;;;;;;/h10H,3-6,8-9H2,1-2H3;;;;;;/q-2;;;;;;. The van der Waals surface area contributed by atoms with E-state index in [0.717, 1.165) is 13.2 Å². The first kappa shape index (κ1) is 40.8. The van der Waals surface area contributed by atoms with Crippen molar-refractivity contribution in [3.05, 3.63) is 7.05 Å². The van der Waals surface area contributed by atoms with E-state index >= 15 is 0 Å². The smallest absolute Gasteiger partial charge is 0.0537 e. The van der Waals surface area contributed by atoms with Gasteiger partial charge in [-0.15, -0.1) is 6.54 Å². The molecule has 0 atom stereocenters. The van der Waals surface area contributed by atoms with E-state index in [2.05, 4.69) is 7.05 Å². The Balaban J connectivity index is -0.0000000817. The molecule has 0 saturated heterocycles. The maximum Gasteiger partial charge on any atom is 0.0537 e. The largest absolute Gasteiger partial charge is 0.541 e. The van der Waals surface area contributed by atoms with Crippen LogP contribution in [0.1, 0.15) is 26.7 Å². The van der Waals surface area contributed by atoms with Crippen LogP contribution >= 0.6 is 0 Å². The zero-order valence-corrected chi connectivity index (χ0v) is 29.6. The maximum atomic E-state index is 10.1. The van der Waals surface area contributed by atoms with Gasteiger partial charge in [0, 0.05) is 202 Å². The molecule has 9 heteroatoms. The monoisotopic (exact) mass is 731 g/mol. The van der Waals surface area contributed by atoms with Gasteiger partial charge in [-0.2, -0.15) is 0 Å². The van der Waals surface area contributed by atoms with Crippen molar-refractivity contribution in [2.24, 2.45) is 5.41 Å². The van der Waals surface area contributed by atoms with E-state index in [9.17, 15) is 4.79 Å². The molecular weight excluding hydrogens is 712 g/mol. The molecule has 0 bridgehead atoms. The molecule has 20 heavy (non-hydrogen) atoms. The molecule has 0 spiro atoms.